The molecule has 0 N–H and O–H groups in total. The van der Waals surface area contributed by atoms with E-state index in [4.69, 9.17) is 10.3 Å². The van der Waals surface area contributed by atoms with Crippen molar-refractivity contribution in [1.82, 2.24) is 4.90 Å². The Morgan fingerprint density at radius 2 is 2.29 bits per heavy atom. The van der Waals surface area contributed by atoms with Crippen molar-refractivity contribution in [3.8, 4) is 0 Å². The number of hydrogen-bond acceptors (Lipinski definition) is 4. The molecule has 0 aromatic carbocycles. The largest absolute Gasteiger partial charge is 0.462 e. The molecule has 1 spiro atoms. The Morgan fingerprint density at radius 1 is 1.53 bits per heavy atom. The van der Waals surface area contributed by atoms with Gasteiger partial charge in [0, 0.05) is 16.9 Å². The molecule has 6 nitrogen and oxygen atoms in total. The summed E-state index contributed by atoms with van der Waals surface area (Å²) in [5.74, 6) is 0.426. The number of rotatable bonds is 2. The molecule has 4 aliphatic heterocycles. The molecule has 0 saturated carbocycles. The number of fused-ring (bicyclic) bond motifs is 2. The summed E-state index contributed by atoms with van der Waals surface area (Å²) >= 11 is 0. The fraction of sp³-hybridized carbons (Fsp3) is 0.909. The Morgan fingerprint density at radius 3 is 2.88 bits per heavy atom. The zero-order chi connectivity index (χ0) is 11.9. The second-order valence-corrected chi connectivity index (χ2v) is 5.35. The first-order valence-corrected chi connectivity index (χ1v) is 6.17. The van der Waals surface area contributed by atoms with Gasteiger partial charge < -0.3 is 9.64 Å². The van der Waals surface area contributed by atoms with E-state index in [2.05, 4.69) is 14.9 Å². The minimum atomic E-state index is -0.209. The molecule has 0 aliphatic carbocycles. The Balaban J connectivity index is 1.88. The third-order valence-electron chi connectivity index (χ3n) is 4.62. The maximum absolute atomic E-state index is 11.6. The van der Waals surface area contributed by atoms with Gasteiger partial charge in [-0.25, -0.2) is 0 Å². The standard InChI is InChI=1S/C11H16N4O2/c12-14-13-6-9-11(5-10(16)17-9)7-15-3-1-8(11)2-4-15/h8-9H,1-7H2. The van der Waals surface area contributed by atoms with Crippen LogP contribution >= 0.6 is 0 Å². The fourth-order valence-corrected chi connectivity index (χ4v) is 3.81. The summed E-state index contributed by atoms with van der Waals surface area (Å²) in [7, 11) is 0. The molecule has 2 atom stereocenters. The number of piperidine rings is 3. The van der Waals surface area contributed by atoms with Gasteiger partial charge in [0.2, 0.25) is 0 Å². The van der Waals surface area contributed by atoms with Gasteiger partial charge in [0.1, 0.15) is 6.10 Å². The van der Waals surface area contributed by atoms with Crippen LogP contribution in [-0.2, 0) is 9.53 Å². The number of hydrogen-bond donors (Lipinski definition) is 0. The van der Waals surface area contributed by atoms with Gasteiger partial charge >= 0.3 is 5.97 Å². The second-order valence-electron chi connectivity index (χ2n) is 5.35. The maximum atomic E-state index is 11.6. The van der Waals surface area contributed by atoms with Crippen molar-refractivity contribution in [2.45, 2.75) is 25.4 Å². The zero-order valence-electron chi connectivity index (χ0n) is 9.71. The minimum absolute atomic E-state index is 0.0816. The van der Waals surface area contributed by atoms with Crippen molar-refractivity contribution in [2.24, 2.45) is 16.4 Å². The van der Waals surface area contributed by atoms with Gasteiger partial charge in [0.05, 0.1) is 13.0 Å². The van der Waals surface area contributed by atoms with Gasteiger partial charge in [-0.15, -0.1) is 0 Å². The first-order valence-electron chi connectivity index (χ1n) is 6.17. The molecule has 2 unspecified atom stereocenters. The lowest BCUT2D eigenvalue weighted by Gasteiger charge is -2.52. The van der Waals surface area contributed by atoms with E-state index in [0.29, 0.717) is 12.3 Å². The number of esters is 1. The van der Waals surface area contributed by atoms with Crippen LogP contribution < -0.4 is 0 Å². The van der Waals surface area contributed by atoms with Crippen LogP contribution in [0.4, 0.5) is 0 Å². The summed E-state index contributed by atoms with van der Waals surface area (Å²) in [5, 5.41) is 3.61. The van der Waals surface area contributed by atoms with Gasteiger partial charge in [0.15, 0.2) is 0 Å². The van der Waals surface area contributed by atoms with E-state index >= 15 is 0 Å². The summed E-state index contributed by atoms with van der Waals surface area (Å²) < 4.78 is 5.38. The van der Waals surface area contributed by atoms with E-state index in [1.165, 1.54) is 0 Å². The van der Waals surface area contributed by atoms with Gasteiger partial charge in [0.25, 0.3) is 0 Å². The van der Waals surface area contributed by atoms with Gasteiger partial charge in [-0.2, -0.15) is 0 Å². The van der Waals surface area contributed by atoms with Crippen molar-refractivity contribution in [3.63, 3.8) is 0 Å². The van der Waals surface area contributed by atoms with Crippen LogP contribution in [0.2, 0.25) is 0 Å². The number of carbonyl (C=O) groups is 1. The number of carbonyl (C=O) groups excluding carboxylic acids is 1. The van der Waals surface area contributed by atoms with E-state index in [1.54, 1.807) is 0 Å². The predicted octanol–water partition coefficient (Wildman–Crippen LogP) is 1.32. The van der Waals surface area contributed by atoms with E-state index in [0.717, 1.165) is 32.5 Å². The Bertz CT molecular complexity index is 385. The molecule has 0 aromatic rings. The molecule has 0 aromatic heterocycles. The molecule has 6 heteroatoms. The van der Waals surface area contributed by atoms with E-state index in [-0.39, 0.29) is 24.0 Å². The zero-order valence-corrected chi connectivity index (χ0v) is 9.71. The lowest BCUT2D eigenvalue weighted by Crippen LogP contribution is -2.58. The first kappa shape index (κ1) is 10.9. The lowest BCUT2D eigenvalue weighted by molar-refractivity contribution is -0.142. The van der Waals surface area contributed by atoms with Crippen LogP contribution in [0.25, 0.3) is 10.4 Å². The van der Waals surface area contributed by atoms with Gasteiger partial charge in [-0.05, 0) is 37.4 Å². The summed E-state index contributed by atoms with van der Waals surface area (Å²) in [4.78, 5) is 16.8. The van der Waals surface area contributed by atoms with E-state index in [9.17, 15) is 4.79 Å². The molecule has 4 aliphatic rings. The molecule has 92 valence electrons. The monoisotopic (exact) mass is 236 g/mol. The average molecular weight is 236 g/mol. The highest BCUT2D eigenvalue weighted by molar-refractivity contribution is 5.73. The van der Waals surface area contributed by atoms with Crippen LogP contribution in [0.3, 0.4) is 0 Å². The van der Waals surface area contributed by atoms with E-state index in [1.807, 2.05) is 0 Å². The van der Waals surface area contributed by atoms with Crippen LogP contribution in [0.5, 0.6) is 0 Å². The molecular formula is C11H16N4O2. The highest BCUT2D eigenvalue weighted by Gasteiger charge is 2.57. The quantitative estimate of drug-likeness (QED) is 0.314. The third kappa shape index (κ3) is 1.59. The number of ether oxygens (including phenoxy) is 1. The SMILES string of the molecule is [N-]=[N+]=NCC1OC(=O)CC12CN1CCC2CC1. The maximum Gasteiger partial charge on any atom is 0.306 e. The Labute approximate surface area is 99.5 Å². The fourth-order valence-electron chi connectivity index (χ4n) is 3.81. The highest BCUT2D eigenvalue weighted by atomic mass is 16.6. The van der Waals surface area contributed by atoms with Crippen LogP contribution in [-0.4, -0.2) is 43.2 Å². The van der Waals surface area contributed by atoms with Crippen molar-refractivity contribution < 1.29 is 9.53 Å². The van der Waals surface area contributed by atoms with Crippen LogP contribution in [0.15, 0.2) is 5.11 Å². The Kier molecular flexibility index (Phi) is 2.49. The minimum Gasteiger partial charge on any atom is -0.462 e. The molecule has 2 bridgehead atoms. The Hall–Kier alpha value is -1.26. The summed E-state index contributed by atoms with van der Waals surface area (Å²) in [5.41, 5.74) is 8.34. The summed E-state index contributed by atoms with van der Waals surface area (Å²) in [6.45, 7) is 3.48. The second kappa shape index (κ2) is 3.89. The number of azide groups is 1. The van der Waals surface area contributed by atoms with Crippen molar-refractivity contribution in [3.05, 3.63) is 10.4 Å². The van der Waals surface area contributed by atoms with Crippen molar-refractivity contribution >= 4 is 5.97 Å². The topological polar surface area (TPSA) is 78.3 Å². The number of cyclic esters (lactones) is 1. The van der Waals surface area contributed by atoms with Gasteiger partial charge in [-0.1, -0.05) is 5.11 Å². The van der Waals surface area contributed by atoms with Crippen molar-refractivity contribution in [2.75, 3.05) is 26.2 Å². The third-order valence-corrected chi connectivity index (χ3v) is 4.62. The molecule has 4 heterocycles. The smallest absolute Gasteiger partial charge is 0.306 e. The molecule has 0 radical (unpaired) electrons. The molecular weight excluding hydrogens is 220 g/mol. The average Bonchev–Trinajstić information content (AvgIpc) is 2.64. The summed E-state index contributed by atoms with van der Waals surface area (Å²) in [6, 6.07) is 0. The first-order chi connectivity index (χ1) is 8.24. The normalized spacial score (nSPS) is 43.5. The predicted molar refractivity (Wildman–Crippen MR) is 60.1 cm³/mol. The lowest BCUT2D eigenvalue weighted by atomic mass is 9.63. The highest BCUT2D eigenvalue weighted by Crippen LogP contribution is 2.51. The van der Waals surface area contributed by atoms with Crippen LogP contribution in [0, 0.1) is 11.3 Å². The van der Waals surface area contributed by atoms with Gasteiger partial charge in [-0.3, -0.25) is 4.79 Å². The van der Waals surface area contributed by atoms with Crippen molar-refractivity contribution in [1.29, 1.82) is 0 Å². The molecule has 4 saturated heterocycles. The molecule has 17 heavy (non-hydrogen) atoms. The number of nitrogens with zero attached hydrogens (tertiary/aromatic N) is 4. The molecule has 4 fully saturated rings. The van der Waals surface area contributed by atoms with Crippen LogP contribution in [0.1, 0.15) is 19.3 Å². The summed E-state index contributed by atoms with van der Waals surface area (Å²) in [6.07, 6.45) is 2.58. The molecule has 4 rings (SSSR count). The van der Waals surface area contributed by atoms with E-state index < -0.39 is 0 Å². The molecule has 0 amide bonds.